The lowest BCUT2D eigenvalue weighted by atomic mass is 9.96. The fraction of sp³-hybridized carbons (Fsp3) is 0.636. The van der Waals surface area contributed by atoms with Crippen molar-refractivity contribution in [2.75, 3.05) is 19.7 Å². The first-order valence-corrected chi connectivity index (χ1v) is 12.2. The summed E-state index contributed by atoms with van der Waals surface area (Å²) in [5.41, 5.74) is 0.776. The van der Waals surface area contributed by atoms with E-state index in [9.17, 15) is 14.4 Å². The van der Waals surface area contributed by atoms with Crippen molar-refractivity contribution in [3.63, 3.8) is 0 Å². The molecule has 0 saturated carbocycles. The summed E-state index contributed by atoms with van der Waals surface area (Å²) >= 11 is 1.51. The summed E-state index contributed by atoms with van der Waals surface area (Å²) in [6.07, 6.45) is 8.42. The summed E-state index contributed by atoms with van der Waals surface area (Å²) in [5, 5.41) is 16.4. The quantitative estimate of drug-likeness (QED) is 0.318. The molecule has 9 nitrogen and oxygen atoms in total. The number of thiophene rings is 1. The van der Waals surface area contributed by atoms with Crippen LogP contribution in [0, 0.1) is 0 Å². The van der Waals surface area contributed by atoms with Crippen LogP contribution < -0.4 is 10.6 Å². The maximum atomic E-state index is 13.0. The molecule has 2 amide bonds. The number of H-pyrrole nitrogens is 1. The highest BCUT2D eigenvalue weighted by atomic mass is 32.1. The Labute approximate surface area is 191 Å². The number of carbonyl (C=O) groups excluding carboxylic acids is 2. The third kappa shape index (κ3) is 6.29. The molecule has 1 unspecified atom stereocenters. The number of nitrogens with one attached hydrogen (secondary N) is 3. The zero-order chi connectivity index (χ0) is 22.8. The van der Waals surface area contributed by atoms with Crippen LogP contribution in [0.1, 0.15) is 69.1 Å². The van der Waals surface area contributed by atoms with E-state index < -0.39 is 11.6 Å². The Hall–Kier alpha value is -2.46. The molecule has 2 aromatic heterocycles. The Bertz CT molecular complexity index is 903. The fourth-order valence-electron chi connectivity index (χ4n) is 3.96. The van der Waals surface area contributed by atoms with Crippen molar-refractivity contribution in [1.82, 2.24) is 20.6 Å². The first-order valence-electron chi connectivity index (χ1n) is 11.3. The number of carbonyl (C=O) groups is 3. The van der Waals surface area contributed by atoms with Gasteiger partial charge >= 0.3 is 5.97 Å². The molecule has 1 aliphatic heterocycles. The molecule has 1 aliphatic rings. The number of aliphatic carboxylic acids is 1. The van der Waals surface area contributed by atoms with Crippen molar-refractivity contribution in [3.8, 4) is 0 Å². The van der Waals surface area contributed by atoms with Crippen LogP contribution >= 0.6 is 11.3 Å². The highest BCUT2D eigenvalue weighted by Crippen LogP contribution is 2.42. The van der Waals surface area contributed by atoms with E-state index in [1.165, 1.54) is 11.3 Å². The van der Waals surface area contributed by atoms with E-state index in [1.54, 1.807) is 6.33 Å². The highest BCUT2D eigenvalue weighted by molar-refractivity contribution is 7.11. The fourth-order valence-corrected chi connectivity index (χ4v) is 5.10. The van der Waals surface area contributed by atoms with Crippen molar-refractivity contribution < 1.29 is 24.2 Å². The van der Waals surface area contributed by atoms with Crippen LogP contribution in [0.3, 0.4) is 0 Å². The van der Waals surface area contributed by atoms with E-state index in [1.807, 2.05) is 5.38 Å². The number of carboxylic acids is 1. The molecule has 0 bridgehead atoms. The predicted molar refractivity (Wildman–Crippen MR) is 121 cm³/mol. The first kappa shape index (κ1) is 24.2. The van der Waals surface area contributed by atoms with Gasteiger partial charge in [0.05, 0.1) is 16.7 Å². The minimum atomic E-state index is -0.952. The second-order valence-corrected chi connectivity index (χ2v) is 9.01. The molecule has 10 heteroatoms. The van der Waals surface area contributed by atoms with E-state index in [2.05, 4.69) is 20.6 Å². The summed E-state index contributed by atoms with van der Waals surface area (Å²) in [5.74, 6) is -0.869. The number of hydrogen-bond donors (Lipinski definition) is 4. The molecule has 1 atom stereocenters. The van der Waals surface area contributed by atoms with Gasteiger partial charge in [0, 0.05) is 37.9 Å². The van der Waals surface area contributed by atoms with Crippen LogP contribution in [-0.4, -0.2) is 52.6 Å². The van der Waals surface area contributed by atoms with Crippen molar-refractivity contribution in [3.05, 3.63) is 16.6 Å². The van der Waals surface area contributed by atoms with Gasteiger partial charge in [-0.15, -0.1) is 11.3 Å². The van der Waals surface area contributed by atoms with Crippen LogP contribution in [0.25, 0.3) is 11.0 Å². The van der Waals surface area contributed by atoms with E-state index in [4.69, 9.17) is 9.84 Å². The number of fused-ring (bicyclic) bond motifs is 1. The SMILES string of the molecule is O=C(O)CCCCCNC(=O)CCCCCNC(=O)C1(c2scc3[nH]cnc23)CCCO1. The standard InChI is InChI=1S/C22H32N4O5S/c27-17(23-11-5-2-4-9-18(28)29)8-3-1-6-12-24-21(30)22(10-7-13-31-22)20-19-16(14-32-20)25-15-26-19/h14-15H,1-13H2,(H,23,27)(H,24,30)(H,25,26)(H,28,29). The molecule has 0 spiro atoms. The normalized spacial score (nSPS) is 18.1. The number of carboxylic acid groups (broad SMARTS) is 1. The number of aromatic amines is 1. The van der Waals surface area contributed by atoms with E-state index in [-0.39, 0.29) is 18.2 Å². The van der Waals surface area contributed by atoms with Gasteiger partial charge in [0.2, 0.25) is 5.91 Å². The van der Waals surface area contributed by atoms with Crippen molar-refractivity contribution in [1.29, 1.82) is 0 Å². The van der Waals surface area contributed by atoms with Crippen LogP contribution in [0.2, 0.25) is 0 Å². The molecular formula is C22H32N4O5S. The number of nitrogens with zero attached hydrogens (tertiary/aromatic N) is 1. The average molecular weight is 465 g/mol. The summed E-state index contributed by atoms with van der Waals surface area (Å²) in [4.78, 5) is 43.6. The Kier molecular flexibility index (Phi) is 9.04. The minimum absolute atomic E-state index is 0.0197. The number of ether oxygens (including phenoxy) is 1. The van der Waals surface area contributed by atoms with Gasteiger partial charge in [-0.3, -0.25) is 14.4 Å². The van der Waals surface area contributed by atoms with Crippen LogP contribution in [0.5, 0.6) is 0 Å². The molecule has 0 aliphatic carbocycles. The summed E-state index contributed by atoms with van der Waals surface area (Å²) in [7, 11) is 0. The number of aromatic nitrogens is 2. The van der Waals surface area contributed by atoms with Gasteiger partial charge in [0.1, 0.15) is 5.52 Å². The number of amides is 2. The summed E-state index contributed by atoms with van der Waals surface area (Å²) in [6.45, 7) is 1.69. The molecule has 32 heavy (non-hydrogen) atoms. The number of rotatable bonds is 14. The van der Waals surface area contributed by atoms with Gasteiger partial charge in [0.25, 0.3) is 5.91 Å². The summed E-state index contributed by atoms with van der Waals surface area (Å²) < 4.78 is 5.97. The van der Waals surface area contributed by atoms with Crippen LogP contribution in [0.15, 0.2) is 11.7 Å². The molecule has 0 radical (unpaired) electrons. The lowest BCUT2D eigenvalue weighted by Gasteiger charge is -2.26. The van der Waals surface area contributed by atoms with Gasteiger partial charge in [-0.1, -0.05) is 12.8 Å². The summed E-state index contributed by atoms with van der Waals surface area (Å²) in [6, 6.07) is 0. The molecule has 2 aromatic rings. The molecule has 0 aromatic carbocycles. The average Bonchev–Trinajstić information content (AvgIpc) is 3.50. The van der Waals surface area contributed by atoms with Gasteiger partial charge in [-0.05, 0) is 38.5 Å². The number of unbranched alkanes of at least 4 members (excludes halogenated alkanes) is 4. The third-order valence-corrected chi connectivity index (χ3v) is 6.80. The van der Waals surface area contributed by atoms with E-state index in [0.717, 1.165) is 54.4 Å². The van der Waals surface area contributed by atoms with Gasteiger partial charge in [-0.2, -0.15) is 0 Å². The molecule has 3 rings (SSSR count). The van der Waals surface area contributed by atoms with E-state index >= 15 is 0 Å². The van der Waals surface area contributed by atoms with Gasteiger partial charge in [-0.25, -0.2) is 4.98 Å². The second kappa shape index (κ2) is 12.0. The predicted octanol–water partition coefficient (Wildman–Crippen LogP) is 3.07. The topological polar surface area (TPSA) is 133 Å². The lowest BCUT2D eigenvalue weighted by Crippen LogP contribution is -2.44. The lowest BCUT2D eigenvalue weighted by molar-refractivity contribution is -0.142. The minimum Gasteiger partial charge on any atom is -0.481 e. The molecular weight excluding hydrogens is 432 g/mol. The molecule has 3 heterocycles. The number of imidazole rings is 1. The van der Waals surface area contributed by atoms with Crippen LogP contribution in [-0.2, 0) is 24.7 Å². The van der Waals surface area contributed by atoms with Crippen LogP contribution in [0.4, 0.5) is 0 Å². The monoisotopic (exact) mass is 464 g/mol. The van der Waals surface area contributed by atoms with Crippen molar-refractivity contribution >= 4 is 40.2 Å². The molecule has 176 valence electrons. The van der Waals surface area contributed by atoms with E-state index in [0.29, 0.717) is 39.0 Å². The Morgan fingerprint density at radius 1 is 1.09 bits per heavy atom. The van der Waals surface area contributed by atoms with Crippen molar-refractivity contribution in [2.24, 2.45) is 0 Å². The Morgan fingerprint density at radius 3 is 2.56 bits per heavy atom. The first-order chi connectivity index (χ1) is 15.5. The van der Waals surface area contributed by atoms with Crippen molar-refractivity contribution in [2.45, 2.75) is 69.8 Å². The maximum Gasteiger partial charge on any atom is 0.303 e. The van der Waals surface area contributed by atoms with Gasteiger partial charge in [0.15, 0.2) is 5.60 Å². The van der Waals surface area contributed by atoms with Gasteiger partial charge < -0.3 is 25.5 Å². The number of hydrogen-bond acceptors (Lipinski definition) is 6. The largest absolute Gasteiger partial charge is 0.481 e. The zero-order valence-corrected chi connectivity index (χ0v) is 19.1. The Balaban J connectivity index is 1.31. The highest BCUT2D eigenvalue weighted by Gasteiger charge is 2.46. The molecule has 1 saturated heterocycles. The Morgan fingerprint density at radius 2 is 1.84 bits per heavy atom. The second-order valence-electron chi connectivity index (χ2n) is 8.13. The molecule has 4 N–H and O–H groups in total. The zero-order valence-electron chi connectivity index (χ0n) is 18.3. The molecule has 1 fully saturated rings. The maximum absolute atomic E-state index is 13.0. The smallest absolute Gasteiger partial charge is 0.303 e. The third-order valence-electron chi connectivity index (χ3n) is 5.69.